The molecule has 17 heavy (non-hydrogen) atoms. The number of aromatic nitrogens is 2. The lowest BCUT2D eigenvalue weighted by molar-refractivity contribution is 0.698. The van der Waals surface area contributed by atoms with Crippen LogP contribution in [0.5, 0.6) is 0 Å². The van der Waals surface area contributed by atoms with Crippen LogP contribution in [0.15, 0.2) is 36.7 Å². The Morgan fingerprint density at radius 3 is 2.53 bits per heavy atom. The molecule has 0 aliphatic heterocycles. The predicted octanol–water partition coefficient (Wildman–Crippen LogP) is 2.84. The number of aryl methyl sites for hydroxylation is 1. The summed E-state index contributed by atoms with van der Waals surface area (Å²) in [5, 5.41) is 0. The van der Waals surface area contributed by atoms with Crippen molar-refractivity contribution in [2.24, 2.45) is 5.73 Å². The lowest BCUT2D eigenvalue weighted by Gasteiger charge is -2.11. The first-order valence-electron chi connectivity index (χ1n) is 6.14. The second-order valence-electron chi connectivity index (χ2n) is 4.17. The van der Waals surface area contributed by atoms with Gasteiger partial charge in [-0.25, -0.2) is 4.98 Å². The van der Waals surface area contributed by atoms with Crippen molar-refractivity contribution >= 4 is 0 Å². The highest BCUT2D eigenvalue weighted by Gasteiger charge is 2.05. The Kier molecular flexibility index (Phi) is 3.59. The predicted molar refractivity (Wildman–Crippen MR) is 70.2 cm³/mol. The second kappa shape index (κ2) is 5.15. The maximum atomic E-state index is 6.00. The van der Waals surface area contributed by atoms with Crippen molar-refractivity contribution in [3.8, 4) is 5.69 Å². The molecule has 0 unspecified atom stereocenters. The van der Waals surface area contributed by atoms with Gasteiger partial charge in [-0.1, -0.05) is 26.0 Å². The summed E-state index contributed by atoms with van der Waals surface area (Å²) < 4.78 is 2.11. The van der Waals surface area contributed by atoms with Crippen molar-refractivity contribution in [1.82, 2.24) is 9.55 Å². The summed E-state index contributed by atoms with van der Waals surface area (Å²) in [6.07, 6.45) is 5.73. The molecule has 0 bridgehead atoms. The van der Waals surface area contributed by atoms with Crippen molar-refractivity contribution in [3.63, 3.8) is 0 Å². The SMILES string of the molecule is CCc1nccn1-c1ccc([C@@H](N)CC)cc1. The van der Waals surface area contributed by atoms with E-state index in [9.17, 15) is 0 Å². The van der Waals surface area contributed by atoms with Crippen LogP contribution in [0.25, 0.3) is 5.69 Å². The van der Waals surface area contributed by atoms with Gasteiger partial charge in [0.1, 0.15) is 5.82 Å². The molecule has 0 spiro atoms. The summed E-state index contributed by atoms with van der Waals surface area (Å²) in [5.41, 5.74) is 8.33. The number of benzene rings is 1. The largest absolute Gasteiger partial charge is 0.324 e. The molecule has 90 valence electrons. The highest BCUT2D eigenvalue weighted by Crippen LogP contribution is 2.17. The van der Waals surface area contributed by atoms with E-state index in [2.05, 4.69) is 47.7 Å². The van der Waals surface area contributed by atoms with Crippen LogP contribution in [0, 0.1) is 0 Å². The molecule has 0 aliphatic rings. The van der Waals surface area contributed by atoms with Crippen LogP contribution in [0.3, 0.4) is 0 Å². The van der Waals surface area contributed by atoms with Crippen molar-refractivity contribution in [1.29, 1.82) is 0 Å². The molecular weight excluding hydrogens is 210 g/mol. The lowest BCUT2D eigenvalue weighted by Crippen LogP contribution is -2.08. The van der Waals surface area contributed by atoms with Crippen LogP contribution in [0.1, 0.15) is 37.7 Å². The molecule has 3 heteroatoms. The normalized spacial score (nSPS) is 12.6. The number of hydrogen-bond acceptors (Lipinski definition) is 2. The molecule has 0 saturated carbocycles. The van der Waals surface area contributed by atoms with Crippen LogP contribution in [-0.2, 0) is 6.42 Å². The third-order valence-electron chi connectivity index (χ3n) is 3.07. The summed E-state index contributed by atoms with van der Waals surface area (Å²) in [6, 6.07) is 8.54. The van der Waals surface area contributed by atoms with Crippen molar-refractivity contribution in [2.75, 3.05) is 0 Å². The number of hydrogen-bond donors (Lipinski definition) is 1. The van der Waals surface area contributed by atoms with E-state index in [1.54, 1.807) is 0 Å². The van der Waals surface area contributed by atoms with E-state index in [0.717, 1.165) is 24.4 Å². The Morgan fingerprint density at radius 1 is 1.24 bits per heavy atom. The fourth-order valence-electron chi connectivity index (χ4n) is 1.95. The fourth-order valence-corrected chi connectivity index (χ4v) is 1.95. The maximum Gasteiger partial charge on any atom is 0.112 e. The number of rotatable bonds is 4. The highest BCUT2D eigenvalue weighted by atomic mass is 15.1. The zero-order valence-electron chi connectivity index (χ0n) is 10.4. The Hall–Kier alpha value is -1.61. The van der Waals surface area contributed by atoms with E-state index in [4.69, 9.17) is 5.73 Å². The Morgan fingerprint density at radius 2 is 1.94 bits per heavy atom. The van der Waals surface area contributed by atoms with Crippen molar-refractivity contribution < 1.29 is 0 Å². The molecule has 0 amide bonds. The second-order valence-corrected chi connectivity index (χ2v) is 4.17. The van der Waals surface area contributed by atoms with E-state index >= 15 is 0 Å². The zero-order chi connectivity index (χ0) is 12.3. The quantitative estimate of drug-likeness (QED) is 0.876. The third kappa shape index (κ3) is 2.39. The van der Waals surface area contributed by atoms with Gasteiger partial charge in [-0.05, 0) is 24.1 Å². The van der Waals surface area contributed by atoms with E-state index in [1.807, 2.05) is 12.4 Å². The van der Waals surface area contributed by atoms with Crippen LogP contribution in [0.2, 0.25) is 0 Å². The van der Waals surface area contributed by atoms with Gasteiger partial charge in [0, 0.05) is 30.5 Å². The van der Waals surface area contributed by atoms with E-state index in [1.165, 1.54) is 5.56 Å². The number of imidazole rings is 1. The number of nitrogens with zero attached hydrogens (tertiary/aromatic N) is 2. The Labute approximate surface area is 102 Å². The van der Waals surface area contributed by atoms with E-state index in [-0.39, 0.29) is 6.04 Å². The zero-order valence-corrected chi connectivity index (χ0v) is 10.4. The fraction of sp³-hybridized carbons (Fsp3) is 0.357. The lowest BCUT2D eigenvalue weighted by atomic mass is 10.1. The molecule has 2 aromatic rings. The standard InChI is InChI=1S/C14H19N3/c1-3-13(15)11-5-7-12(8-6-11)17-10-9-16-14(17)4-2/h5-10,13H,3-4,15H2,1-2H3/t13-/m0/s1. The van der Waals surface area contributed by atoms with E-state index < -0.39 is 0 Å². The first-order chi connectivity index (χ1) is 8.26. The molecule has 1 heterocycles. The van der Waals surface area contributed by atoms with Gasteiger partial charge in [-0.15, -0.1) is 0 Å². The molecule has 0 radical (unpaired) electrons. The van der Waals surface area contributed by atoms with Gasteiger partial charge in [-0.3, -0.25) is 0 Å². The van der Waals surface area contributed by atoms with Crippen LogP contribution in [-0.4, -0.2) is 9.55 Å². The molecule has 2 rings (SSSR count). The Bertz CT molecular complexity index is 470. The summed E-state index contributed by atoms with van der Waals surface area (Å²) in [5.74, 6) is 1.08. The highest BCUT2D eigenvalue weighted by molar-refractivity contribution is 5.36. The van der Waals surface area contributed by atoms with Gasteiger partial charge >= 0.3 is 0 Å². The number of nitrogens with two attached hydrogens (primary N) is 1. The molecule has 1 aromatic heterocycles. The molecule has 1 atom stereocenters. The first-order valence-corrected chi connectivity index (χ1v) is 6.14. The monoisotopic (exact) mass is 229 g/mol. The minimum absolute atomic E-state index is 0.137. The molecular formula is C14H19N3. The smallest absolute Gasteiger partial charge is 0.112 e. The van der Waals surface area contributed by atoms with Gasteiger partial charge in [0.25, 0.3) is 0 Å². The third-order valence-corrected chi connectivity index (χ3v) is 3.07. The molecule has 1 aromatic carbocycles. The van der Waals surface area contributed by atoms with Crippen LogP contribution < -0.4 is 5.73 Å². The maximum absolute atomic E-state index is 6.00. The summed E-state index contributed by atoms with van der Waals surface area (Å²) in [4.78, 5) is 4.32. The first kappa shape index (κ1) is 11.9. The summed E-state index contributed by atoms with van der Waals surface area (Å²) in [6.45, 7) is 4.21. The van der Waals surface area contributed by atoms with E-state index in [0.29, 0.717) is 0 Å². The Balaban J connectivity index is 2.29. The molecule has 3 nitrogen and oxygen atoms in total. The molecule has 0 saturated heterocycles. The minimum atomic E-state index is 0.137. The van der Waals surface area contributed by atoms with Gasteiger partial charge < -0.3 is 10.3 Å². The van der Waals surface area contributed by atoms with Gasteiger partial charge in [0.2, 0.25) is 0 Å². The van der Waals surface area contributed by atoms with Gasteiger partial charge in [0.15, 0.2) is 0 Å². The summed E-state index contributed by atoms with van der Waals surface area (Å²) >= 11 is 0. The van der Waals surface area contributed by atoms with Crippen molar-refractivity contribution in [2.45, 2.75) is 32.7 Å². The van der Waals surface area contributed by atoms with Crippen molar-refractivity contribution in [3.05, 3.63) is 48.0 Å². The molecule has 2 N–H and O–H groups in total. The van der Waals surface area contributed by atoms with Gasteiger partial charge in [-0.2, -0.15) is 0 Å². The average molecular weight is 229 g/mol. The van der Waals surface area contributed by atoms with Gasteiger partial charge in [0.05, 0.1) is 0 Å². The minimum Gasteiger partial charge on any atom is -0.324 e. The van der Waals surface area contributed by atoms with Crippen LogP contribution >= 0.6 is 0 Å². The topological polar surface area (TPSA) is 43.8 Å². The molecule has 0 aliphatic carbocycles. The molecule has 0 fully saturated rings. The average Bonchev–Trinajstić information content (AvgIpc) is 2.86. The summed E-state index contributed by atoms with van der Waals surface area (Å²) in [7, 11) is 0. The van der Waals surface area contributed by atoms with Crippen LogP contribution in [0.4, 0.5) is 0 Å².